The van der Waals surface area contributed by atoms with Crippen molar-refractivity contribution in [3.05, 3.63) is 41.7 Å². The lowest BCUT2D eigenvalue weighted by Crippen LogP contribution is -2.36. The molecule has 3 heterocycles. The quantitative estimate of drug-likeness (QED) is 0.540. The molecule has 2 atom stereocenters. The summed E-state index contributed by atoms with van der Waals surface area (Å²) in [6, 6.07) is 10.2. The maximum Gasteiger partial charge on any atom is 0.354 e. The highest BCUT2D eigenvalue weighted by molar-refractivity contribution is 6.00. The average molecular weight is 479 g/mol. The van der Waals surface area contributed by atoms with Gasteiger partial charge in [0.05, 0.1) is 36.4 Å². The molecule has 8 nitrogen and oxygen atoms in total. The highest BCUT2D eigenvalue weighted by Crippen LogP contribution is 2.39. The fourth-order valence-electron chi connectivity index (χ4n) is 5.39. The molecule has 186 valence electrons. The molecule has 1 aliphatic heterocycles. The van der Waals surface area contributed by atoms with E-state index in [2.05, 4.69) is 48.0 Å². The van der Waals surface area contributed by atoms with Crippen LogP contribution < -0.4 is 4.90 Å². The van der Waals surface area contributed by atoms with E-state index in [0.717, 1.165) is 79.9 Å². The highest BCUT2D eigenvalue weighted by atomic mass is 16.5. The summed E-state index contributed by atoms with van der Waals surface area (Å²) in [6.45, 7) is 7.46. The van der Waals surface area contributed by atoms with Crippen molar-refractivity contribution in [1.29, 1.82) is 0 Å². The molecule has 35 heavy (non-hydrogen) atoms. The molecule has 1 saturated heterocycles. The van der Waals surface area contributed by atoms with Crippen molar-refractivity contribution < 1.29 is 19.4 Å². The number of hydrogen-bond acceptors (Lipinski definition) is 6. The zero-order valence-corrected chi connectivity index (χ0v) is 20.7. The van der Waals surface area contributed by atoms with Gasteiger partial charge in [-0.3, -0.25) is 0 Å². The molecule has 1 N–H and O–H groups in total. The van der Waals surface area contributed by atoms with Crippen molar-refractivity contribution in [1.82, 2.24) is 14.8 Å². The van der Waals surface area contributed by atoms with Gasteiger partial charge in [-0.1, -0.05) is 26.0 Å². The Kier molecular flexibility index (Phi) is 6.75. The summed E-state index contributed by atoms with van der Waals surface area (Å²) < 4.78 is 13.1. The van der Waals surface area contributed by atoms with Gasteiger partial charge < -0.3 is 19.5 Å². The van der Waals surface area contributed by atoms with Gasteiger partial charge >= 0.3 is 5.97 Å². The van der Waals surface area contributed by atoms with Gasteiger partial charge in [0.15, 0.2) is 11.3 Å². The van der Waals surface area contributed by atoms with Crippen LogP contribution in [0, 0.1) is 0 Å². The first-order valence-corrected chi connectivity index (χ1v) is 12.6. The van der Waals surface area contributed by atoms with E-state index in [1.807, 2.05) is 4.68 Å². The van der Waals surface area contributed by atoms with Crippen molar-refractivity contribution in [3.63, 3.8) is 0 Å². The number of rotatable bonds is 6. The van der Waals surface area contributed by atoms with E-state index in [0.29, 0.717) is 5.65 Å². The number of morpholine rings is 1. The molecule has 1 aliphatic carbocycles. The van der Waals surface area contributed by atoms with Gasteiger partial charge in [-0.05, 0) is 60.9 Å². The van der Waals surface area contributed by atoms with Gasteiger partial charge in [0, 0.05) is 25.9 Å². The van der Waals surface area contributed by atoms with Crippen LogP contribution in [0.4, 0.5) is 5.69 Å². The number of carboxylic acids is 1. The number of nitrogens with zero attached hydrogens (tertiary/aromatic N) is 4. The van der Waals surface area contributed by atoms with E-state index < -0.39 is 5.97 Å². The van der Waals surface area contributed by atoms with Gasteiger partial charge in [-0.2, -0.15) is 5.10 Å². The predicted octanol–water partition coefficient (Wildman–Crippen LogP) is 4.89. The molecular weight excluding hydrogens is 444 g/mol. The molecule has 0 amide bonds. The van der Waals surface area contributed by atoms with Crippen molar-refractivity contribution in [2.45, 2.75) is 57.6 Å². The summed E-state index contributed by atoms with van der Waals surface area (Å²) >= 11 is 0. The molecule has 0 unspecified atom stereocenters. The molecule has 5 rings (SSSR count). The molecule has 0 radical (unpaired) electrons. The third kappa shape index (κ3) is 4.65. The molecule has 2 fully saturated rings. The van der Waals surface area contributed by atoms with Crippen LogP contribution in [0.25, 0.3) is 22.2 Å². The van der Waals surface area contributed by atoms with Gasteiger partial charge in [0.2, 0.25) is 0 Å². The Hall–Kier alpha value is -2.97. The van der Waals surface area contributed by atoms with Crippen LogP contribution in [0.5, 0.6) is 0 Å². The second kappa shape index (κ2) is 9.95. The van der Waals surface area contributed by atoms with Gasteiger partial charge in [0.25, 0.3) is 0 Å². The van der Waals surface area contributed by atoms with Crippen LogP contribution in [0.15, 0.2) is 30.3 Å². The lowest BCUT2D eigenvalue weighted by molar-refractivity contribution is 0.0514. The van der Waals surface area contributed by atoms with Gasteiger partial charge in [-0.25, -0.2) is 14.5 Å². The smallest absolute Gasteiger partial charge is 0.354 e. The Morgan fingerprint density at radius 3 is 2.57 bits per heavy atom. The molecule has 1 saturated carbocycles. The number of benzene rings is 1. The Bertz CT molecular complexity index is 1200. The molecule has 2 aliphatic rings. The normalized spacial score (nSPS) is 21.1. The van der Waals surface area contributed by atoms with E-state index in [1.54, 1.807) is 13.2 Å². The topological polar surface area (TPSA) is 89.7 Å². The van der Waals surface area contributed by atoms with E-state index in [1.165, 1.54) is 0 Å². The fraction of sp³-hybridized carbons (Fsp3) is 0.519. The van der Waals surface area contributed by atoms with Crippen LogP contribution in [-0.4, -0.2) is 65.4 Å². The minimum absolute atomic E-state index is 0.0420. The van der Waals surface area contributed by atoms with Crippen molar-refractivity contribution in [2.24, 2.45) is 0 Å². The first-order chi connectivity index (χ1) is 17.0. The molecule has 3 aromatic rings. The van der Waals surface area contributed by atoms with Gasteiger partial charge in [0.1, 0.15) is 0 Å². The summed E-state index contributed by atoms with van der Waals surface area (Å²) in [7, 11) is 1.76. The highest BCUT2D eigenvalue weighted by Gasteiger charge is 2.29. The summed E-state index contributed by atoms with van der Waals surface area (Å²) in [4.78, 5) is 19.0. The number of carbonyl (C=O) groups is 1. The maximum absolute atomic E-state index is 12.1. The monoisotopic (exact) mass is 478 g/mol. The standard InChI is InChI=1S/C27H34N4O4/c1-17(2)25-24-22(18-7-9-19(10-8-18)30-11-13-35-14-12-30)16-23(27(32)33)28-26(24)31(29-25)20-5-4-6-21(15-20)34-3/h7-10,16-17,20-21H,4-6,11-15H2,1-3H3,(H,32,33)/t20-,21+/m1/s1. The third-order valence-corrected chi connectivity index (χ3v) is 7.29. The van der Waals surface area contributed by atoms with Crippen LogP contribution in [0.2, 0.25) is 0 Å². The second-order valence-corrected chi connectivity index (χ2v) is 9.87. The lowest BCUT2D eigenvalue weighted by atomic mass is 9.93. The zero-order valence-electron chi connectivity index (χ0n) is 20.7. The first-order valence-electron chi connectivity index (χ1n) is 12.6. The largest absolute Gasteiger partial charge is 0.477 e. The maximum atomic E-state index is 12.1. The Morgan fingerprint density at radius 1 is 1.17 bits per heavy atom. The molecule has 0 spiro atoms. The summed E-state index contributed by atoms with van der Waals surface area (Å²) in [5, 5.41) is 15.9. The predicted molar refractivity (Wildman–Crippen MR) is 135 cm³/mol. The molecule has 2 aromatic heterocycles. The summed E-state index contributed by atoms with van der Waals surface area (Å²) in [5.41, 5.74) is 4.64. The number of methoxy groups -OCH3 is 1. The number of pyridine rings is 1. The number of aromatic carboxylic acids is 1. The SMILES string of the molecule is CO[C@H]1CCC[C@@H](n2nc(C(C)C)c3c(-c4ccc(N5CCOCC5)cc4)cc(C(=O)O)nc32)C1. The van der Waals surface area contributed by atoms with Crippen LogP contribution in [0.1, 0.15) is 67.7 Å². The lowest BCUT2D eigenvalue weighted by Gasteiger charge is -2.29. The number of carboxylic acid groups (broad SMARTS) is 1. The van der Waals surface area contributed by atoms with E-state index >= 15 is 0 Å². The number of ether oxygens (including phenoxy) is 2. The van der Waals surface area contributed by atoms with Crippen LogP contribution in [-0.2, 0) is 9.47 Å². The first kappa shape index (κ1) is 23.8. The Balaban J connectivity index is 1.64. The minimum atomic E-state index is -1.03. The molecule has 1 aromatic carbocycles. The third-order valence-electron chi connectivity index (χ3n) is 7.29. The Morgan fingerprint density at radius 2 is 1.91 bits per heavy atom. The van der Waals surface area contributed by atoms with Gasteiger partial charge in [-0.15, -0.1) is 0 Å². The summed E-state index contributed by atoms with van der Waals surface area (Å²) in [5.74, 6) is -0.861. The fourth-order valence-corrected chi connectivity index (χ4v) is 5.39. The summed E-state index contributed by atoms with van der Waals surface area (Å²) in [6.07, 6.45) is 4.11. The van der Waals surface area contributed by atoms with Crippen molar-refractivity contribution in [3.8, 4) is 11.1 Å². The molecular formula is C27H34N4O4. The average Bonchev–Trinajstić information content (AvgIpc) is 3.29. The number of fused-ring (bicyclic) bond motifs is 1. The van der Waals surface area contributed by atoms with E-state index in [9.17, 15) is 9.90 Å². The molecule has 8 heteroatoms. The van der Waals surface area contributed by atoms with E-state index in [-0.39, 0.29) is 23.8 Å². The van der Waals surface area contributed by atoms with Crippen molar-refractivity contribution >= 4 is 22.7 Å². The number of anilines is 1. The number of aromatic nitrogens is 3. The van der Waals surface area contributed by atoms with E-state index in [4.69, 9.17) is 14.6 Å². The number of hydrogen-bond donors (Lipinski definition) is 1. The van der Waals surface area contributed by atoms with Crippen molar-refractivity contribution in [2.75, 3.05) is 38.3 Å². The van der Waals surface area contributed by atoms with Crippen LogP contribution in [0.3, 0.4) is 0 Å². The molecule has 0 bridgehead atoms. The van der Waals surface area contributed by atoms with Crippen LogP contribution >= 0.6 is 0 Å². The zero-order chi connectivity index (χ0) is 24.5. The Labute approximate surface area is 205 Å². The minimum Gasteiger partial charge on any atom is -0.477 e. The second-order valence-electron chi connectivity index (χ2n) is 9.87.